The van der Waals surface area contributed by atoms with Gasteiger partial charge in [0.15, 0.2) is 5.69 Å². The number of amides is 3. The van der Waals surface area contributed by atoms with Crippen molar-refractivity contribution in [3.8, 4) is 5.69 Å². The Morgan fingerprint density at radius 1 is 0.857 bits per heavy atom. The zero-order valence-corrected chi connectivity index (χ0v) is 33.8. The number of rotatable bonds is 12. The molecule has 0 aliphatic carbocycles. The lowest BCUT2D eigenvalue weighted by molar-refractivity contribution is 0.0744. The number of unbranched alkanes of at least 4 members (excludes halogenated alkanes) is 2. The maximum absolute atomic E-state index is 15.0. The van der Waals surface area contributed by atoms with Crippen molar-refractivity contribution in [2.75, 3.05) is 27.2 Å². The highest BCUT2D eigenvalue weighted by Gasteiger charge is 2.32. The molecular weight excluding hydrogens is 750 g/mol. The van der Waals surface area contributed by atoms with E-state index in [2.05, 4.69) is 18.6 Å². The van der Waals surface area contributed by atoms with Crippen LogP contribution >= 0.6 is 11.6 Å². The summed E-state index contributed by atoms with van der Waals surface area (Å²) in [5.74, 6) is -1.38. The van der Waals surface area contributed by atoms with Crippen LogP contribution in [0.2, 0.25) is 5.02 Å². The number of carbonyl (C=O) groups excluding carboxylic acids is 3. The zero-order chi connectivity index (χ0) is 40.1. The van der Waals surface area contributed by atoms with Crippen LogP contribution in [-0.2, 0) is 23.1 Å². The number of fused-ring (bicyclic) bond motifs is 2. The largest absolute Gasteiger partial charge is 0.349 e. The van der Waals surface area contributed by atoms with Crippen molar-refractivity contribution >= 4 is 56.1 Å². The molecule has 1 aliphatic heterocycles. The molecule has 0 unspecified atom stereocenters. The molecule has 12 nitrogen and oxygen atoms in total. The topological polar surface area (TPSA) is 137 Å². The van der Waals surface area contributed by atoms with Gasteiger partial charge >= 0.3 is 0 Å². The number of carbonyl (C=O) groups is 3. The molecule has 4 aromatic carbocycles. The van der Waals surface area contributed by atoms with Crippen molar-refractivity contribution in [1.29, 1.82) is 0 Å². The maximum atomic E-state index is 15.0. The number of aliphatic imine (C=N–C) groups is 1. The summed E-state index contributed by atoms with van der Waals surface area (Å²) < 4.78 is 30.7. The second kappa shape index (κ2) is 17.1. The van der Waals surface area contributed by atoms with Gasteiger partial charge in [-0.05, 0) is 72.0 Å². The van der Waals surface area contributed by atoms with Crippen LogP contribution in [0.4, 0.5) is 0 Å². The monoisotopic (exact) mass is 795 g/mol. The lowest BCUT2D eigenvalue weighted by atomic mass is 10.0. The molecule has 6 rings (SSSR count). The number of sulfonamides is 1. The number of guanidine groups is 1. The SMILES string of the molecule is CCCCN(CCCC)C(=O)c1nn(-c2ccc(C(=O)NS(=O)(=O)c3ccc4ccccc4c3)cc2C(=O)N2Cc3ccccc3CN=C2N(C)C)c(C)c1Cl. The molecule has 5 aromatic rings. The van der Waals surface area contributed by atoms with Crippen LogP contribution in [0.25, 0.3) is 16.5 Å². The number of hydrogen-bond donors (Lipinski definition) is 1. The van der Waals surface area contributed by atoms with E-state index in [0.29, 0.717) is 36.7 Å². The van der Waals surface area contributed by atoms with Crippen molar-refractivity contribution in [2.24, 2.45) is 4.99 Å². The van der Waals surface area contributed by atoms with Gasteiger partial charge in [-0.15, -0.1) is 0 Å². The number of nitrogens with zero attached hydrogens (tertiary/aromatic N) is 6. The van der Waals surface area contributed by atoms with E-state index >= 15 is 0 Å². The van der Waals surface area contributed by atoms with Gasteiger partial charge in [0.1, 0.15) is 0 Å². The van der Waals surface area contributed by atoms with Gasteiger partial charge in [-0.3, -0.25) is 19.3 Å². The Morgan fingerprint density at radius 2 is 1.52 bits per heavy atom. The molecule has 0 atom stereocenters. The van der Waals surface area contributed by atoms with E-state index in [0.717, 1.165) is 42.2 Å². The first kappa shape index (κ1) is 40.1. The lowest BCUT2D eigenvalue weighted by Crippen LogP contribution is -2.44. The van der Waals surface area contributed by atoms with Crippen LogP contribution in [0.5, 0.6) is 0 Å². The van der Waals surface area contributed by atoms with Gasteiger partial charge in [-0.25, -0.2) is 22.8 Å². The van der Waals surface area contributed by atoms with E-state index in [-0.39, 0.29) is 44.9 Å². The molecule has 2 heterocycles. The van der Waals surface area contributed by atoms with Gasteiger partial charge in [0.2, 0.25) is 5.96 Å². The van der Waals surface area contributed by atoms with Crippen LogP contribution in [0, 0.1) is 6.92 Å². The summed E-state index contributed by atoms with van der Waals surface area (Å²) in [5, 5.41) is 6.39. The Bertz CT molecular complexity index is 2440. The Hall–Kier alpha value is -5.53. The van der Waals surface area contributed by atoms with Crippen molar-refractivity contribution in [1.82, 2.24) is 29.2 Å². The minimum Gasteiger partial charge on any atom is -0.349 e. The average Bonchev–Trinajstić information content (AvgIpc) is 3.35. The summed E-state index contributed by atoms with van der Waals surface area (Å²) in [7, 11) is -0.737. The fourth-order valence-electron chi connectivity index (χ4n) is 6.66. The van der Waals surface area contributed by atoms with E-state index in [4.69, 9.17) is 21.7 Å². The van der Waals surface area contributed by atoms with Crippen molar-refractivity contribution in [3.63, 3.8) is 0 Å². The maximum Gasteiger partial charge on any atom is 0.275 e. The molecule has 3 amide bonds. The van der Waals surface area contributed by atoms with Gasteiger partial charge < -0.3 is 9.80 Å². The highest BCUT2D eigenvalue weighted by Crippen LogP contribution is 2.29. The first-order chi connectivity index (χ1) is 26.8. The summed E-state index contributed by atoms with van der Waals surface area (Å²) in [5.41, 5.74) is 2.49. The fraction of sp³-hybridized carbons (Fsp3) is 0.310. The molecule has 0 spiro atoms. The Labute approximate surface area is 332 Å². The van der Waals surface area contributed by atoms with Crippen LogP contribution in [0.15, 0.2) is 94.8 Å². The predicted octanol–water partition coefficient (Wildman–Crippen LogP) is 7.22. The van der Waals surface area contributed by atoms with Gasteiger partial charge in [0.25, 0.3) is 27.7 Å². The van der Waals surface area contributed by atoms with Gasteiger partial charge in [-0.2, -0.15) is 5.10 Å². The first-order valence-electron chi connectivity index (χ1n) is 18.7. The molecule has 0 saturated carbocycles. The van der Waals surface area contributed by atoms with E-state index in [9.17, 15) is 22.8 Å². The van der Waals surface area contributed by atoms with Crippen LogP contribution in [-0.4, -0.2) is 83.8 Å². The average molecular weight is 796 g/mol. The van der Waals surface area contributed by atoms with Crippen LogP contribution in [0.3, 0.4) is 0 Å². The smallest absolute Gasteiger partial charge is 0.275 e. The van der Waals surface area contributed by atoms with Crippen LogP contribution in [0.1, 0.15) is 87.6 Å². The molecule has 0 radical (unpaired) electrons. The normalized spacial score (nSPS) is 12.8. The number of nitrogens with one attached hydrogen (secondary N) is 1. The molecule has 0 fully saturated rings. The van der Waals surface area contributed by atoms with Gasteiger partial charge in [0, 0.05) is 32.7 Å². The molecular formula is C42H46ClN7O5S. The molecule has 292 valence electrons. The van der Waals surface area contributed by atoms with Crippen molar-refractivity contribution < 1.29 is 22.8 Å². The molecule has 0 saturated heterocycles. The summed E-state index contributed by atoms with van der Waals surface area (Å²) in [6.07, 6.45) is 3.46. The van der Waals surface area contributed by atoms with Crippen molar-refractivity contribution in [2.45, 2.75) is 64.4 Å². The van der Waals surface area contributed by atoms with E-state index in [1.165, 1.54) is 39.9 Å². The fourth-order valence-corrected chi connectivity index (χ4v) is 7.87. The first-order valence-corrected chi connectivity index (χ1v) is 20.6. The third-order valence-electron chi connectivity index (χ3n) is 9.80. The molecule has 56 heavy (non-hydrogen) atoms. The highest BCUT2D eigenvalue weighted by atomic mass is 35.5. The van der Waals surface area contributed by atoms with Crippen molar-refractivity contribution in [3.05, 3.63) is 124 Å². The predicted molar refractivity (Wildman–Crippen MR) is 219 cm³/mol. The summed E-state index contributed by atoms with van der Waals surface area (Å²) in [6, 6.07) is 23.9. The molecule has 0 bridgehead atoms. The molecule has 1 aliphatic rings. The lowest BCUT2D eigenvalue weighted by Gasteiger charge is -2.28. The summed E-state index contributed by atoms with van der Waals surface area (Å²) >= 11 is 6.86. The molecule has 1 N–H and O–H groups in total. The van der Waals surface area contributed by atoms with Gasteiger partial charge in [-0.1, -0.05) is 92.9 Å². The summed E-state index contributed by atoms with van der Waals surface area (Å²) in [6.45, 7) is 7.45. The number of halogens is 1. The van der Waals surface area contributed by atoms with Crippen LogP contribution < -0.4 is 4.72 Å². The third kappa shape index (κ3) is 8.34. The second-order valence-electron chi connectivity index (χ2n) is 14.0. The Balaban J connectivity index is 1.44. The number of benzene rings is 4. The zero-order valence-electron chi connectivity index (χ0n) is 32.3. The Kier molecular flexibility index (Phi) is 12.2. The molecule has 14 heteroatoms. The quantitative estimate of drug-likeness (QED) is 0.141. The number of hydrogen-bond acceptors (Lipinski definition) is 8. The second-order valence-corrected chi connectivity index (χ2v) is 16.1. The molecule has 1 aromatic heterocycles. The minimum atomic E-state index is -4.31. The van der Waals surface area contributed by atoms with Gasteiger partial charge in [0.05, 0.1) is 40.0 Å². The van der Waals surface area contributed by atoms with E-state index < -0.39 is 21.8 Å². The Morgan fingerprint density at radius 3 is 2.20 bits per heavy atom. The standard InChI is InChI=1S/C42H46ClN7O5S/c1-6-8-22-48(23-9-7-2)41(53)38-37(43)28(3)50(45-38)36-21-19-31(39(51)46-56(54,55)34-20-18-29-14-10-11-15-30(29)24-34)25-35(36)40(52)49-27-33-17-13-12-16-32(33)26-44-42(49)47(4)5/h10-21,24-25H,6-9,22-23,26-27H2,1-5H3,(H,46,51). The van der Waals surface area contributed by atoms with E-state index in [1.807, 2.05) is 36.4 Å². The third-order valence-corrected chi connectivity index (χ3v) is 11.6. The number of aromatic nitrogens is 2. The highest BCUT2D eigenvalue weighted by molar-refractivity contribution is 7.90. The minimum absolute atomic E-state index is 0.0183. The van der Waals surface area contributed by atoms with E-state index in [1.54, 1.807) is 49.0 Å². The summed E-state index contributed by atoms with van der Waals surface area (Å²) in [4.78, 5) is 52.4.